The molecule has 0 saturated heterocycles. The fourth-order valence-corrected chi connectivity index (χ4v) is 3.20. The molecule has 1 aliphatic heterocycles. The summed E-state index contributed by atoms with van der Waals surface area (Å²) in [5.41, 5.74) is 1.27. The number of nitrogens with one attached hydrogen (secondary N) is 1. The highest BCUT2D eigenvalue weighted by molar-refractivity contribution is 6.36. The van der Waals surface area contributed by atoms with Crippen LogP contribution >= 0.6 is 0 Å². The Morgan fingerprint density at radius 3 is 2.13 bits per heavy atom. The molecule has 7 heteroatoms. The van der Waals surface area contributed by atoms with E-state index in [1.165, 1.54) is 30.3 Å². The van der Waals surface area contributed by atoms with Crippen LogP contribution in [0.2, 0.25) is 0 Å². The van der Waals surface area contributed by atoms with Gasteiger partial charge >= 0.3 is 0 Å². The van der Waals surface area contributed by atoms with E-state index in [0.717, 1.165) is 17.0 Å². The Hall–Kier alpha value is -3.87. The molecule has 0 aliphatic carbocycles. The molecule has 0 atom stereocenters. The van der Waals surface area contributed by atoms with Crippen LogP contribution in [0.15, 0.2) is 78.5 Å². The molecule has 3 aromatic rings. The molecule has 3 aromatic carbocycles. The van der Waals surface area contributed by atoms with Crippen LogP contribution in [0.4, 0.5) is 18.9 Å². The van der Waals surface area contributed by atoms with Crippen LogP contribution in [-0.2, 0) is 16.1 Å². The SMILES string of the molecule is O=C1C(Nc2ccc(F)c(F)c2)=C(c2ccccc2)C(=O)N1Cc1ccc(F)cc1. The van der Waals surface area contributed by atoms with Crippen molar-refractivity contribution in [2.75, 3.05) is 5.32 Å². The zero-order valence-corrected chi connectivity index (χ0v) is 15.5. The molecular weight excluding hydrogens is 393 g/mol. The highest BCUT2D eigenvalue weighted by Crippen LogP contribution is 2.31. The second kappa shape index (κ2) is 7.87. The van der Waals surface area contributed by atoms with E-state index in [9.17, 15) is 22.8 Å². The highest BCUT2D eigenvalue weighted by Gasteiger charge is 2.39. The van der Waals surface area contributed by atoms with Gasteiger partial charge in [0, 0.05) is 11.8 Å². The minimum Gasteiger partial charge on any atom is -0.350 e. The van der Waals surface area contributed by atoms with Gasteiger partial charge in [-0.3, -0.25) is 14.5 Å². The van der Waals surface area contributed by atoms with Crippen LogP contribution in [0, 0.1) is 17.5 Å². The third kappa shape index (κ3) is 3.69. The molecule has 1 heterocycles. The van der Waals surface area contributed by atoms with Crippen molar-refractivity contribution in [1.29, 1.82) is 0 Å². The first-order valence-electron chi connectivity index (χ1n) is 9.06. The smallest absolute Gasteiger partial charge is 0.278 e. The maximum absolute atomic E-state index is 13.6. The van der Waals surface area contributed by atoms with Crippen LogP contribution in [0.1, 0.15) is 11.1 Å². The molecule has 0 fully saturated rings. The van der Waals surface area contributed by atoms with E-state index in [1.54, 1.807) is 30.3 Å². The lowest BCUT2D eigenvalue weighted by Gasteiger charge is -2.15. The summed E-state index contributed by atoms with van der Waals surface area (Å²) in [5.74, 6) is -3.69. The summed E-state index contributed by atoms with van der Waals surface area (Å²) in [6, 6.07) is 17.1. The van der Waals surface area contributed by atoms with Crippen molar-refractivity contribution in [3.8, 4) is 0 Å². The fraction of sp³-hybridized carbons (Fsp3) is 0.0435. The van der Waals surface area contributed by atoms with E-state index in [0.29, 0.717) is 11.1 Å². The number of imide groups is 1. The Morgan fingerprint density at radius 1 is 0.767 bits per heavy atom. The molecule has 0 aromatic heterocycles. The number of anilines is 1. The van der Waals surface area contributed by atoms with Crippen molar-refractivity contribution in [2.45, 2.75) is 6.54 Å². The molecule has 4 rings (SSSR count). The van der Waals surface area contributed by atoms with E-state index in [1.807, 2.05) is 0 Å². The van der Waals surface area contributed by atoms with Crippen molar-refractivity contribution in [3.05, 3.63) is 107 Å². The van der Waals surface area contributed by atoms with E-state index in [2.05, 4.69) is 5.32 Å². The predicted molar refractivity (Wildman–Crippen MR) is 105 cm³/mol. The van der Waals surface area contributed by atoms with Gasteiger partial charge in [-0.25, -0.2) is 13.2 Å². The summed E-state index contributed by atoms with van der Waals surface area (Å²) < 4.78 is 40.1. The molecule has 2 amide bonds. The number of carbonyl (C=O) groups is 2. The Balaban J connectivity index is 1.72. The standard InChI is InChI=1S/C23H15F3N2O2/c24-16-8-6-14(7-9-16)13-28-22(29)20(15-4-2-1-3-5-15)21(23(28)30)27-17-10-11-18(25)19(26)12-17/h1-12,27H,13H2. The molecule has 0 spiro atoms. The Bertz CT molecular complexity index is 1160. The largest absolute Gasteiger partial charge is 0.350 e. The lowest BCUT2D eigenvalue weighted by molar-refractivity contribution is -0.137. The molecule has 4 nitrogen and oxygen atoms in total. The summed E-state index contributed by atoms with van der Waals surface area (Å²) in [4.78, 5) is 27.2. The first-order valence-corrected chi connectivity index (χ1v) is 9.06. The van der Waals surface area contributed by atoms with E-state index >= 15 is 0 Å². The van der Waals surface area contributed by atoms with Crippen LogP contribution < -0.4 is 5.32 Å². The summed E-state index contributed by atoms with van der Waals surface area (Å²) >= 11 is 0. The van der Waals surface area contributed by atoms with Crippen molar-refractivity contribution >= 4 is 23.1 Å². The Kier molecular flexibility index (Phi) is 5.10. The minimum atomic E-state index is -1.08. The molecule has 1 N–H and O–H groups in total. The first kappa shape index (κ1) is 19.4. The third-order valence-corrected chi connectivity index (χ3v) is 4.67. The quantitative estimate of drug-likeness (QED) is 0.633. The normalized spacial score (nSPS) is 13.9. The predicted octanol–water partition coefficient (Wildman–Crippen LogP) is 4.50. The lowest BCUT2D eigenvalue weighted by atomic mass is 10.0. The molecule has 0 bridgehead atoms. The first-order chi connectivity index (χ1) is 14.4. The van der Waals surface area contributed by atoms with Crippen molar-refractivity contribution in [3.63, 3.8) is 0 Å². The van der Waals surface area contributed by atoms with Gasteiger partial charge in [0.1, 0.15) is 11.5 Å². The highest BCUT2D eigenvalue weighted by atomic mass is 19.2. The van der Waals surface area contributed by atoms with Gasteiger partial charge in [-0.05, 0) is 35.4 Å². The average Bonchev–Trinajstić information content (AvgIpc) is 2.97. The van der Waals surface area contributed by atoms with E-state index in [-0.39, 0.29) is 23.5 Å². The summed E-state index contributed by atoms with van der Waals surface area (Å²) in [6.07, 6.45) is 0. The number of nitrogens with zero attached hydrogens (tertiary/aromatic N) is 1. The van der Waals surface area contributed by atoms with Gasteiger partial charge in [-0.2, -0.15) is 0 Å². The van der Waals surface area contributed by atoms with Crippen LogP contribution in [0.25, 0.3) is 5.57 Å². The van der Waals surface area contributed by atoms with Gasteiger partial charge in [0.05, 0.1) is 12.1 Å². The zero-order chi connectivity index (χ0) is 21.3. The number of hydrogen-bond donors (Lipinski definition) is 1. The van der Waals surface area contributed by atoms with Crippen LogP contribution in [0.5, 0.6) is 0 Å². The van der Waals surface area contributed by atoms with Gasteiger partial charge in [-0.15, -0.1) is 0 Å². The summed E-state index contributed by atoms with van der Waals surface area (Å²) in [7, 11) is 0. The van der Waals surface area contributed by atoms with Gasteiger partial charge in [0.25, 0.3) is 11.8 Å². The molecular formula is C23H15F3N2O2. The topological polar surface area (TPSA) is 49.4 Å². The van der Waals surface area contributed by atoms with Crippen LogP contribution in [-0.4, -0.2) is 16.7 Å². The maximum Gasteiger partial charge on any atom is 0.278 e. The van der Waals surface area contributed by atoms with Gasteiger partial charge in [0.15, 0.2) is 11.6 Å². The second-order valence-electron chi connectivity index (χ2n) is 6.69. The van der Waals surface area contributed by atoms with Crippen molar-refractivity contribution < 1.29 is 22.8 Å². The molecule has 150 valence electrons. The number of rotatable bonds is 5. The molecule has 1 aliphatic rings. The number of carbonyl (C=O) groups excluding carboxylic acids is 2. The number of benzene rings is 3. The van der Waals surface area contributed by atoms with Crippen LogP contribution in [0.3, 0.4) is 0 Å². The van der Waals surface area contributed by atoms with Gasteiger partial charge < -0.3 is 5.32 Å². The Morgan fingerprint density at radius 2 is 1.47 bits per heavy atom. The molecule has 0 unspecified atom stereocenters. The molecule has 0 saturated carbocycles. The zero-order valence-electron chi connectivity index (χ0n) is 15.5. The lowest BCUT2D eigenvalue weighted by Crippen LogP contribution is -2.32. The average molecular weight is 408 g/mol. The number of hydrogen-bond acceptors (Lipinski definition) is 3. The van der Waals surface area contributed by atoms with E-state index < -0.39 is 29.3 Å². The van der Waals surface area contributed by atoms with E-state index in [4.69, 9.17) is 0 Å². The molecule has 0 radical (unpaired) electrons. The summed E-state index contributed by atoms with van der Waals surface area (Å²) in [5, 5.41) is 2.76. The van der Waals surface area contributed by atoms with Crippen molar-refractivity contribution in [1.82, 2.24) is 4.90 Å². The second-order valence-corrected chi connectivity index (χ2v) is 6.69. The van der Waals surface area contributed by atoms with Gasteiger partial charge in [0.2, 0.25) is 0 Å². The number of amides is 2. The third-order valence-electron chi connectivity index (χ3n) is 4.67. The van der Waals surface area contributed by atoms with Gasteiger partial charge in [-0.1, -0.05) is 42.5 Å². The molecule has 30 heavy (non-hydrogen) atoms. The number of halogens is 3. The van der Waals surface area contributed by atoms with Crippen molar-refractivity contribution in [2.24, 2.45) is 0 Å². The maximum atomic E-state index is 13.6. The minimum absolute atomic E-state index is 0.0423. The monoisotopic (exact) mass is 408 g/mol. The summed E-state index contributed by atoms with van der Waals surface area (Å²) in [6.45, 7) is -0.0583. The fourth-order valence-electron chi connectivity index (χ4n) is 3.20. The Labute approximate surface area is 170 Å².